The molecule has 0 fully saturated rings. The van der Waals surface area contributed by atoms with E-state index >= 15 is 0 Å². The maximum absolute atomic E-state index is 6.11. The third-order valence-electron chi connectivity index (χ3n) is 4.67. The lowest BCUT2D eigenvalue weighted by molar-refractivity contribution is 0.212. The minimum absolute atomic E-state index is 0.352. The van der Waals surface area contributed by atoms with Crippen molar-refractivity contribution in [2.75, 3.05) is 23.6 Å². The molecule has 3 N–H and O–H groups in total. The Kier molecular flexibility index (Phi) is 9.55. The van der Waals surface area contributed by atoms with Gasteiger partial charge in [-0.2, -0.15) is 11.8 Å². The molecule has 8 nitrogen and oxygen atoms in total. The number of anilines is 1. The van der Waals surface area contributed by atoms with Crippen LogP contribution >= 0.6 is 46.0 Å². The number of benzene rings is 2. The number of thioether (sulfide) groups is 1. The topological polar surface area (TPSA) is 108 Å². The molecule has 0 spiro atoms. The number of halogens is 1. The highest BCUT2D eigenvalue weighted by Gasteiger charge is 2.14. The van der Waals surface area contributed by atoms with E-state index in [9.17, 15) is 0 Å². The minimum atomic E-state index is -0.655. The molecular formula is C23H25ClN6O2S3. The summed E-state index contributed by atoms with van der Waals surface area (Å²) in [6.45, 7) is 2.40. The van der Waals surface area contributed by atoms with Crippen LogP contribution in [0.2, 0.25) is 5.02 Å². The number of nitrogens with two attached hydrogens (primary N) is 1. The Morgan fingerprint density at radius 1 is 0.914 bits per heavy atom. The Bertz CT molecular complexity index is 1190. The molecule has 0 bridgehead atoms. The molecule has 35 heavy (non-hydrogen) atoms. The molecule has 1 atom stereocenters. The number of hydrogen-bond donors (Lipinski definition) is 2. The molecule has 0 amide bonds. The number of nitrogens with one attached hydrogen (secondary N) is 1. The predicted molar refractivity (Wildman–Crippen MR) is 144 cm³/mol. The number of aryl methyl sites for hydroxylation is 3. The zero-order chi connectivity index (χ0) is 24.5. The molecule has 2 aromatic carbocycles. The van der Waals surface area contributed by atoms with Gasteiger partial charge >= 0.3 is 0 Å². The van der Waals surface area contributed by atoms with Crippen LogP contribution < -0.4 is 20.5 Å². The van der Waals surface area contributed by atoms with Gasteiger partial charge in [-0.15, -0.1) is 20.4 Å². The molecule has 0 radical (unpaired) electrons. The van der Waals surface area contributed by atoms with Gasteiger partial charge in [-0.3, -0.25) is 5.73 Å². The van der Waals surface area contributed by atoms with Gasteiger partial charge in [0.05, 0.1) is 0 Å². The van der Waals surface area contributed by atoms with Crippen molar-refractivity contribution in [3.63, 3.8) is 0 Å². The van der Waals surface area contributed by atoms with Crippen molar-refractivity contribution in [1.29, 1.82) is 0 Å². The fourth-order valence-electron chi connectivity index (χ4n) is 2.86. The summed E-state index contributed by atoms with van der Waals surface area (Å²) in [5, 5.41) is 24.0. The monoisotopic (exact) mass is 548 g/mol. The van der Waals surface area contributed by atoms with E-state index in [1.54, 1.807) is 35.6 Å². The van der Waals surface area contributed by atoms with E-state index in [1.807, 2.05) is 43.0 Å². The second-order valence-corrected chi connectivity index (χ2v) is 11.2. The van der Waals surface area contributed by atoms with Crippen molar-refractivity contribution >= 4 is 51.2 Å². The fraction of sp³-hybridized carbons (Fsp3) is 0.304. The van der Waals surface area contributed by atoms with Crippen molar-refractivity contribution in [2.45, 2.75) is 26.0 Å². The van der Waals surface area contributed by atoms with E-state index in [0.29, 0.717) is 22.5 Å². The summed E-state index contributed by atoms with van der Waals surface area (Å²) in [6.07, 6.45) is 1.04. The molecule has 0 saturated heterocycles. The Hall–Kier alpha value is -2.44. The van der Waals surface area contributed by atoms with Gasteiger partial charge in [-0.05, 0) is 54.8 Å². The lowest BCUT2D eigenvalue weighted by atomic mass is 10.2. The van der Waals surface area contributed by atoms with E-state index < -0.39 is 6.23 Å². The van der Waals surface area contributed by atoms with E-state index in [0.717, 1.165) is 45.2 Å². The van der Waals surface area contributed by atoms with Crippen molar-refractivity contribution in [2.24, 2.45) is 5.73 Å². The summed E-state index contributed by atoms with van der Waals surface area (Å²) >= 11 is 10.8. The highest BCUT2D eigenvalue weighted by molar-refractivity contribution is 7.99. The summed E-state index contributed by atoms with van der Waals surface area (Å²) < 4.78 is 11.4. The molecule has 184 valence electrons. The van der Waals surface area contributed by atoms with E-state index in [1.165, 1.54) is 16.9 Å². The largest absolute Gasteiger partial charge is 0.473 e. The minimum Gasteiger partial charge on any atom is -0.473 e. The second kappa shape index (κ2) is 13.0. The predicted octanol–water partition coefficient (Wildman–Crippen LogP) is 5.35. The van der Waals surface area contributed by atoms with Gasteiger partial charge in [0.25, 0.3) is 0 Å². The zero-order valence-corrected chi connectivity index (χ0v) is 22.2. The maximum Gasteiger partial charge on any atom is 0.208 e. The standard InChI is InChI=1S/C23H25ClN6O2S3/c1-15-2-6-17(7-3-15)31-14-26-23-30-28-20(35-23)11-13-33-12-10-19-27-29-22(34-19)21(25)32-18-8-4-16(24)5-9-18/h2-9,21H,10-14,25H2,1H3,(H,26,30). The molecule has 0 aliphatic heterocycles. The van der Waals surface area contributed by atoms with Gasteiger partial charge in [0, 0.05) is 17.9 Å². The molecule has 12 heteroatoms. The van der Waals surface area contributed by atoms with Crippen molar-refractivity contribution in [3.8, 4) is 11.5 Å². The summed E-state index contributed by atoms with van der Waals surface area (Å²) in [6, 6.07) is 15.0. The number of rotatable bonds is 13. The van der Waals surface area contributed by atoms with Gasteiger partial charge in [0.15, 0.2) is 11.7 Å². The van der Waals surface area contributed by atoms with Crippen LogP contribution in [0.5, 0.6) is 11.5 Å². The normalized spacial score (nSPS) is 11.9. The average molecular weight is 549 g/mol. The second-order valence-electron chi connectivity index (χ2n) is 7.42. The smallest absolute Gasteiger partial charge is 0.208 e. The molecule has 2 heterocycles. The molecule has 0 saturated carbocycles. The molecule has 4 aromatic rings. The van der Waals surface area contributed by atoms with Gasteiger partial charge in [-0.25, -0.2) is 0 Å². The average Bonchev–Trinajstić information content (AvgIpc) is 3.51. The van der Waals surface area contributed by atoms with Crippen LogP contribution in [0, 0.1) is 6.92 Å². The molecule has 0 aliphatic carbocycles. The van der Waals surface area contributed by atoms with Crippen LogP contribution in [0.1, 0.15) is 26.8 Å². The van der Waals surface area contributed by atoms with Gasteiger partial charge < -0.3 is 14.8 Å². The first-order valence-electron chi connectivity index (χ1n) is 10.9. The summed E-state index contributed by atoms with van der Waals surface area (Å²) in [5.41, 5.74) is 7.31. The zero-order valence-electron chi connectivity index (χ0n) is 19.0. The van der Waals surface area contributed by atoms with Crippen LogP contribution in [0.4, 0.5) is 5.13 Å². The SMILES string of the molecule is Cc1ccc(OCNc2nnc(CCSCCc3nnc(C(N)Oc4ccc(Cl)cc4)s3)s2)cc1. The number of aromatic nitrogens is 4. The molecule has 0 aliphatic rings. The van der Waals surface area contributed by atoms with Crippen LogP contribution in [-0.2, 0) is 12.8 Å². The molecule has 4 rings (SSSR count). The summed E-state index contributed by atoms with van der Waals surface area (Å²) in [4.78, 5) is 0. The van der Waals surface area contributed by atoms with E-state index in [2.05, 4.69) is 25.7 Å². The molecular weight excluding hydrogens is 524 g/mol. The molecule has 2 aromatic heterocycles. The highest BCUT2D eigenvalue weighted by atomic mass is 35.5. The molecule has 1 unspecified atom stereocenters. The first-order valence-corrected chi connectivity index (χ1v) is 14.1. The van der Waals surface area contributed by atoms with E-state index in [-0.39, 0.29) is 0 Å². The van der Waals surface area contributed by atoms with Crippen molar-refractivity contribution in [3.05, 3.63) is 74.1 Å². The first kappa shape index (κ1) is 25.6. The first-order chi connectivity index (χ1) is 17.0. The van der Waals surface area contributed by atoms with Crippen LogP contribution in [0.25, 0.3) is 0 Å². The van der Waals surface area contributed by atoms with Crippen LogP contribution in [0.3, 0.4) is 0 Å². The third-order valence-corrected chi connectivity index (χ3v) is 7.90. The van der Waals surface area contributed by atoms with Gasteiger partial charge in [-0.1, -0.05) is 52.0 Å². The number of hydrogen-bond acceptors (Lipinski definition) is 11. The summed E-state index contributed by atoms with van der Waals surface area (Å²) in [5.74, 6) is 3.36. The Morgan fingerprint density at radius 2 is 1.57 bits per heavy atom. The number of nitrogens with zero attached hydrogens (tertiary/aromatic N) is 4. The fourth-order valence-corrected chi connectivity index (χ4v) is 5.61. The lowest BCUT2D eigenvalue weighted by Crippen LogP contribution is -2.17. The quantitative estimate of drug-likeness (QED) is 0.169. The van der Waals surface area contributed by atoms with Crippen LogP contribution in [0.15, 0.2) is 48.5 Å². The highest BCUT2D eigenvalue weighted by Crippen LogP contribution is 2.24. The Labute approximate surface area is 221 Å². The Morgan fingerprint density at radius 3 is 2.31 bits per heavy atom. The Balaban J connectivity index is 1.11. The summed E-state index contributed by atoms with van der Waals surface area (Å²) in [7, 11) is 0. The van der Waals surface area contributed by atoms with E-state index in [4.69, 9.17) is 26.8 Å². The number of ether oxygens (including phenoxy) is 2. The third kappa shape index (κ3) is 8.32. The van der Waals surface area contributed by atoms with Crippen molar-refractivity contribution in [1.82, 2.24) is 20.4 Å². The van der Waals surface area contributed by atoms with Crippen LogP contribution in [-0.4, -0.2) is 38.6 Å². The van der Waals surface area contributed by atoms with Gasteiger partial charge in [0.2, 0.25) is 11.4 Å². The van der Waals surface area contributed by atoms with Gasteiger partial charge in [0.1, 0.15) is 21.5 Å². The lowest BCUT2D eigenvalue weighted by Gasteiger charge is -2.11. The maximum atomic E-state index is 6.11. The van der Waals surface area contributed by atoms with Crippen molar-refractivity contribution < 1.29 is 9.47 Å².